The summed E-state index contributed by atoms with van der Waals surface area (Å²) in [5, 5.41) is 0. The van der Waals surface area contributed by atoms with Gasteiger partial charge in [-0.25, -0.2) is 0 Å². The second-order valence-electron chi connectivity index (χ2n) is 3.55. The molecule has 2 aromatic rings. The SMILES string of the molecule is Ic1ccccc1OCC=Cc1ccccc1. The summed E-state index contributed by atoms with van der Waals surface area (Å²) >= 11 is 2.27. The normalized spacial score (nSPS) is 10.6. The molecule has 17 heavy (non-hydrogen) atoms. The van der Waals surface area contributed by atoms with Gasteiger partial charge in [0, 0.05) is 0 Å². The van der Waals surface area contributed by atoms with E-state index < -0.39 is 0 Å². The van der Waals surface area contributed by atoms with Crippen LogP contribution in [0.1, 0.15) is 5.56 Å². The van der Waals surface area contributed by atoms with Crippen LogP contribution in [-0.4, -0.2) is 6.61 Å². The number of benzene rings is 2. The minimum Gasteiger partial charge on any atom is -0.488 e. The van der Waals surface area contributed by atoms with Gasteiger partial charge in [0.2, 0.25) is 0 Å². The van der Waals surface area contributed by atoms with Crippen molar-refractivity contribution in [3.63, 3.8) is 0 Å². The van der Waals surface area contributed by atoms with Crippen molar-refractivity contribution in [3.05, 3.63) is 69.8 Å². The van der Waals surface area contributed by atoms with Crippen molar-refractivity contribution in [2.24, 2.45) is 0 Å². The average Bonchev–Trinajstić information content (AvgIpc) is 2.38. The summed E-state index contributed by atoms with van der Waals surface area (Å²) in [5.41, 5.74) is 1.19. The molecule has 2 aromatic carbocycles. The summed E-state index contributed by atoms with van der Waals surface area (Å²) in [5.74, 6) is 0.936. The lowest BCUT2D eigenvalue weighted by atomic mass is 10.2. The van der Waals surface area contributed by atoms with Crippen molar-refractivity contribution < 1.29 is 4.74 Å². The van der Waals surface area contributed by atoms with E-state index in [0.717, 1.165) is 9.32 Å². The Bertz CT molecular complexity index is 491. The fraction of sp³-hybridized carbons (Fsp3) is 0.0667. The molecular weight excluding hydrogens is 323 g/mol. The zero-order chi connectivity index (χ0) is 11.9. The van der Waals surface area contributed by atoms with Crippen LogP contribution in [0.25, 0.3) is 6.08 Å². The molecule has 0 saturated carbocycles. The Balaban J connectivity index is 1.88. The molecule has 0 fully saturated rings. The summed E-state index contributed by atoms with van der Waals surface area (Å²) < 4.78 is 6.80. The van der Waals surface area contributed by atoms with Crippen LogP contribution in [0.4, 0.5) is 0 Å². The van der Waals surface area contributed by atoms with Crippen LogP contribution in [0, 0.1) is 3.57 Å². The molecule has 0 atom stereocenters. The summed E-state index contributed by atoms with van der Waals surface area (Å²) in [6, 6.07) is 18.2. The van der Waals surface area contributed by atoms with Gasteiger partial charge < -0.3 is 4.74 Å². The molecule has 2 heteroatoms. The predicted molar refractivity (Wildman–Crippen MR) is 80.1 cm³/mol. The first-order chi connectivity index (χ1) is 8.36. The maximum Gasteiger partial charge on any atom is 0.133 e. The van der Waals surface area contributed by atoms with Crippen LogP contribution in [0.5, 0.6) is 5.75 Å². The third-order valence-corrected chi connectivity index (χ3v) is 3.17. The molecule has 0 aliphatic heterocycles. The van der Waals surface area contributed by atoms with Crippen LogP contribution in [0.2, 0.25) is 0 Å². The predicted octanol–water partition coefficient (Wildman–Crippen LogP) is 4.38. The molecular formula is C15H13IO. The zero-order valence-electron chi connectivity index (χ0n) is 9.34. The first kappa shape index (κ1) is 12.2. The van der Waals surface area contributed by atoms with Gasteiger partial charge in [0.15, 0.2) is 0 Å². The molecule has 0 aromatic heterocycles. The number of rotatable bonds is 4. The van der Waals surface area contributed by atoms with Gasteiger partial charge in [0.25, 0.3) is 0 Å². The first-order valence-corrected chi connectivity index (χ1v) is 6.53. The zero-order valence-corrected chi connectivity index (χ0v) is 11.5. The summed E-state index contributed by atoms with van der Waals surface area (Å²) in [7, 11) is 0. The van der Waals surface area contributed by atoms with E-state index in [0.29, 0.717) is 6.61 Å². The van der Waals surface area contributed by atoms with E-state index in [1.165, 1.54) is 5.56 Å². The number of halogens is 1. The fourth-order valence-electron chi connectivity index (χ4n) is 1.45. The third-order valence-electron chi connectivity index (χ3n) is 2.28. The smallest absolute Gasteiger partial charge is 0.133 e. The topological polar surface area (TPSA) is 9.23 Å². The first-order valence-electron chi connectivity index (χ1n) is 5.45. The van der Waals surface area contributed by atoms with Gasteiger partial charge in [0.05, 0.1) is 3.57 Å². The van der Waals surface area contributed by atoms with Gasteiger partial charge in [-0.15, -0.1) is 0 Å². The lowest BCUT2D eigenvalue weighted by Crippen LogP contribution is -1.94. The Labute approximate surface area is 115 Å². The van der Waals surface area contributed by atoms with Crippen molar-refractivity contribution in [1.82, 2.24) is 0 Å². The fourth-order valence-corrected chi connectivity index (χ4v) is 1.99. The molecule has 0 unspecified atom stereocenters. The molecule has 0 saturated heterocycles. The highest BCUT2D eigenvalue weighted by Gasteiger charge is 1.96. The lowest BCUT2D eigenvalue weighted by molar-refractivity contribution is 0.361. The van der Waals surface area contributed by atoms with Crippen molar-refractivity contribution in [3.8, 4) is 5.75 Å². The molecule has 0 aliphatic carbocycles. The van der Waals surface area contributed by atoms with Crippen LogP contribution < -0.4 is 4.74 Å². The number of para-hydroxylation sites is 1. The highest BCUT2D eigenvalue weighted by molar-refractivity contribution is 14.1. The van der Waals surface area contributed by atoms with Gasteiger partial charge in [-0.3, -0.25) is 0 Å². The van der Waals surface area contributed by atoms with Crippen LogP contribution in [0.3, 0.4) is 0 Å². The standard InChI is InChI=1S/C15H13IO/c16-14-10-4-5-11-15(14)17-12-6-9-13-7-2-1-3-8-13/h1-11H,12H2. The van der Waals surface area contributed by atoms with Crippen molar-refractivity contribution in [2.75, 3.05) is 6.61 Å². The molecule has 0 radical (unpaired) electrons. The molecule has 0 bridgehead atoms. The van der Waals surface area contributed by atoms with E-state index >= 15 is 0 Å². The molecule has 0 N–H and O–H groups in total. The Morgan fingerprint density at radius 2 is 1.65 bits per heavy atom. The second-order valence-corrected chi connectivity index (χ2v) is 4.72. The average molecular weight is 336 g/mol. The Hall–Kier alpha value is -1.29. The number of hydrogen-bond acceptors (Lipinski definition) is 1. The van der Waals surface area contributed by atoms with Gasteiger partial charge in [-0.1, -0.05) is 48.5 Å². The molecule has 0 aliphatic rings. The van der Waals surface area contributed by atoms with Crippen LogP contribution >= 0.6 is 22.6 Å². The molecule has 1 nitrogen and oxygen atoms in total. The minimum absolute atomic E-state index is 0.592. The van der Waals surface area contributed by atoms with Gasteiger partial charge >= 0.3 is 0 Å². The minimum atomic E-state index is 0.592. The van der Waals surface area contributed by atoms with E-state index in [4.69, 9.17) is 4.74 Å². The van der Waals surface area contributed by atoms with E-state index in [2.05, 4.69) is 40.8 Å². The summed E-state index contributed by atoms with van der Waals surface area (Å²) in [6.45, 7) is 0.592. The molecule has 86 valence electrons. The van der Waals surface area contributed by atoms with Crippen LogP contribution in [0.15, 0.2) is 60.7 Å². The molecule has 0 spiro atoms. The largest absolute Gasteiger partial charge is 0.488 e. The Kier molecular flexibility index (Phi) is 4.62. The summed E-state index contributed by atoms with van der Waals surface area (Å²) in [4.78, 5) is 0. The highest BCUT2D eigenvalue weighted by Crippen LogP contribution is 2.19. The van der Waals surface area contributed by atoms with E-state index in [9.17, 15) is 0 Å². The van der Waals surface area contributed by atoms with E-state index in [-0.39, 0.29) is 0 Å². The highest BCUT2D eigenvalue weighted by atomic mass is 127. The lowest BCUT2D eigenvalue weighted by Gasteiger charge is -2.04. The van der Waals surface area contributed by atoms with E-state index in [1.807, 2.05) is 48.5 Å². The Morgan fingerprint density at radius 3 is 2.41 bits per heavy atom. The monoisotopic (exact) mass is 336 g/mol. The number of ether oxygens (including phenoxy) is 1. The van der Waals surface area contributed by atoms with E-state index in [1.54, 1.807) is 0 Å². The molecule has 0 amide bonds. The maximum atomic E-state index is 5.66. The molecule has 2 rings (SSSR count). The van der Waals surface area contributed by atoms with Gasteiger partial charge in [-0.05, 0) is 46.4 Å². The van der Waals surface area contributed by atoms with Gasteiger partial charge in [0.1, 0.15) is 12.4 Å². The van der Waals surface area contributed by atoms with Crippen molar-refractivity contribution in [1.29, 1.82) is 0 Å². The third kappa shape index (κ3) is 3.89. The quantitative estimate of drug-likeness (QED) is 0.753. The van der Waals surface area contributed by atoms with Crippen LogP contribution in [-0.2, 0) is 0 Å². The van der Waals surface area contributed by atoms with Gasteiger partial charge in [-0.2, -0.15) is 0 Å². The van der Waals surface area contributed by atoms with Crippen molar-refractivity contribution in [2.45, 2.75) is 0 Å². The molecule has 0 heterocycles. The summed E-state index contributed by atoms with van der Waals surface area (Å²) in [6.07, 6.45) is 4.09. The maximum absolute atomic E-state index is 5.66. The Morgan fingerprint density at radius 1 is 0.941 bits per heavy atom. The van der Waals surface area contributed by atoms with Crippen molar-refractivity contribution >= 4 is 28.7 Å². The number of hydrogen-bond donors (Lipinski definition) is 0. The second kappa shape index (κ2) is 6.45.